The Morgan fingerprint density at radius 2 is 1.69 bits per heavy atom. The number of ether oxygens (including phenoxy) is 1. The number of rotatable bonds is 6. The molecule has 0 radical (unpaired) electrons. The van der Waals surface area contributed by atoms with E-state index in [0.717, 1.165) is 60.4 Å². The summed E-state index contributed by atoms with van der Waals surface area (Å²) in [6, 6.07) is 22.5. The van der Waals surface area contributed by atoms with Gasteiger partial charge in [-0.1, -0.05) is 59.8 Å². The molecule has 1 aliphatic heterocycles. The van der Waals surface area contributed by atoms with E-state index in [4.69, 9.17) is 9.26 Å². The maximum atomic E-state index is 13.8. The number of benzene rings is 3. The van der Waals surface area contributed by atoms with Crippen LogP contribution < -0.4 is 4.74 Å². The number of carbonyl (C=O) groups is 1. The molecule has 0 unspecified atom stereocenters. The second-order valence-corrected chi connectivity index (χ2v) is 9.19. The lowest BCUT2D eigenvalue weighted by atomic mass is 10.0. The van der Waals surface area contributed by atoms with Gasteiger partial charge >= 0.3 is 0 Å². The summed E-state index contributed by atoms with van der Waals surface area (Å²) in [6.45, 7) is 8.26. The second-order valence-electron chi connectivity index (χ2n) is 9.19. The molecule has 0 atom stereocenters. The van der Waals surface area contributed by atoms with Crippen molar-refractivity contribution < 1.29 is 14.1 Å². The molecule has 4 aromatic rings. The number of nitrogens with zero attached hydrogens (tertiary/aromatic N) is 3. The summed E-state index contributed by atoms with van der Waals surface area (Å²) in [6.07, 6.45) is 0.946. The standard InChI is InChI=1S/C29H31N3O3/c1-21-27(22(2)35-30-21)20-34-28-18-25-12-7-6-11-24(25)17-26(28)29(33)32-14-8-13-31(15-16-32)19-23-9-4-3-5-10-23/h3-7,9-12,17-18H,8,13-16,19-20H2,1-2H3. The van der Waals surface area contributed by atoms with E-state index in [2.05, 4.69) is 34.3 Å². The van der Waals surface area contributed by atoms with Crippen molar-refractivity contribution in [1.29, 1.82) is 0 Å². The van der Waals surface area contributed by atoms with Crippen LogP contribution in [0.1, 0.15) is 39.4 Å². The van der Waals surface area contributed by atoms with Crippen molar-refractivity contribution in [2.45, 2.75) is 33.4 Å². The third kappa shape index (κ3) is 5.23. The van der Waals surface area contributed by atoms with Gasteiger partial charge in [0.1, 0.15) is 18.1 Å². The SMILES string of the molecule is Cc1noc(C)c1COc1cc2ccccc2cc1C(=O)N1CCCN(Cc2ccccc2)CC1. The van der Waals surface area contributed by atoms with E-state index in [1.807, 2.05) is 61.2 Å². The Morgan fingerprint density at radius 3 is 2.43 bits per heavy atom. The molecular weight excluding hydrogens is 438 g/mol. The Bertz CT molecular complexity index is 1300. The van der Waals surface area contributed by atoms with Crippen LogP contribution in [0.2, 0.25) is 0 Å². The average Bonchev–Trinajstić information content (AvgIpc) is 3.05. The van der Waals surface area contributed by atoms with E-state index >= 15 is 0 Å². The summed E-state index contributed by atoms with van der Waals surface area (Å²) in [5.41, 5.74) is 3.63. The Kier molecular flexibility index (Phi) is 6.82. The molecule has 3 aromatic carbocycles. The summed E-state index contributed by atoms with van der Waals surface area (Å²) < 4.78 is 11.5. The van der Waals surface area contributed by atoms with Gasteiger partial charge in [-0.2, -0.15) is 0 Å². The monoisotopic (exact) mass is 469 g/mol. The molecule has 5 rings (SSSR count). The van der Waals surface area contributed by atoms with E-state index in [1.165, 1.54) is 5.56 Å². The molecule has 6 heteroatoms. The molecule has 2 heterocycles. The molecule has 1 aliphatic rings. The van der Waals surface area contributed by atoms with Gasteiger partial charge in [0.05, 0.1) is 16.8 Å². The highest BCUT2D eigenvalue weighted by Gasteiger charge is 2.24. The van der Waals surface area contributed by atoms with Crippen molar-refractivity contribution in [1.82, 2.24) is 15.0 Å². The summed E-state index contributed by atoms with van der Waals surface area (Å²) in [4.78, 5) is 18.2. The number of hydrogen-bond donors (Lipinski definition) is 0. The Hall–Kier alpha value is -3.64. The van der Waals surface area contributed by atoms with Gasteiger partial charge in [-0.05, 0) is 48.7 Å². The Morgan fingerprint density at radius 1 is 0.943 bits per heavy atom. The van der Waals surface area contributed by atoms with Crippen LogP contribution in [-0.4, -0.2) is 47.0 Å². The zero-order chi connectivity index (χ0) is 24.2. The van der Waals surface area contributed by atoms with Crippen LogP contribution in [0.4, 0.5) is 0 Å². The summed E-state index contributed by atoms with van der Waals surface area (Å²) >= 11 is 0. The topological polar surface area (TPSA) is 58.8 Å². The molecule has 1 amide bonds. The first-order valence-corrected chi connectivity index (χ1v) is 12.2. The van der Waals surface area contributed by atoms with Gasteiger partial charge in [0, 0.05) is 32.7 Å². The number of aryl methyl sites for hydroxylation is 2. The van der Waals surface area contributed by atoms with Crippen LogP contribution in [0.25, 0.3) is 10.8 Å². The van der Waals surface area contributed by atoms with E-state index < -0.39 is 0 Å². The molecular formula is C29H31N3O3. The first-order chi connectivity index (χ1) is 17.1. The molecule has 1 saturated heterocycles. The van der Waals surface area contributed by atoms with Gasteiger partial charge in [-0.25, -0.2) is 0 Å². The highest BCUT2D eigenvalue weighted by molar-refractivity contribution is 6.01. The third-order valence-corrected chi connectivity index (χ3v) is 6.76. The minimum absolute atomic E-state index is 0.0195. The van der Waals surface area contributed by atoms with Crippen LogP contribution in [0, 0.1) is 13.8 Å². The Labute approximate surface area is 206 Å². The van der Waals surface area contributed by atoms with Gasteiger partial charge < -0.3 is 14.2 Å². The van der Waals surface area contributed by atoms with Gasteiger partial charge in [0.15, 0.2) is 0 Å². The molecule has 0 saturated carbocycles. The molecule has 35 heavy (non-hydrogen) atoms. The van der Waals surface area contributed by atoms with E-state index in [-0.39, 0.29) is 5.91 Å². The second kappa shape index (κ2) is 10.3. The number of amides is 1. The number of fused-ring (bicyclic) bond motifs is 1. The lowest BCUT2D eigenvalue weighted by molar-refractivity contribution is 0.0756. The molecule has 0 spiro atoms. The molecule has 1 aromatic heterocycles. The lowest BCUT2D eigenvalue weighted by Gasteiger charge is -2.23. The van der Waals surface area contributed by atoms with E-state index in [0.29, 0.717) is 24.5 Å². The summed E-state index contributed by atoms with van der Waals surface area (Å²) in [5, 5.41) is 6.09. The van der Waals surface area contributed by atoms with Crippen molar-refractivity contribution >= 4 is 16.7 Å². The van der Waals surface area contributed by atoms with Gasteiger partial charge in [0.2, 0.25) is 0 Å². The summed E-state index contributed by atoms with van der Waals surface area (Å²) in [5.74, 6) is 1.35. The maximum absolute atomic E-state index is 13.8. The van der Waals surface area contributed by atoms with E-state index in [1.54, 1.807) is 0 Å². The van der Waals surface area contributed by atoms with Crippen molar-refractivity contribution in [3.8, 4) is 5.75 Å². The smallest absolute Gasteiger partial charge is 0.257 e. The molecule has 6 nitrogen and oxygen atoms in total. The predicted molar refractivity (Wildman–Crippen MR) is 136 cm³/mol. The van der Waals surface area contributed by atoms with Crippen LogP contribution >= 0.6 is 0 Å². The minimum Gasteiger partial charge on any atom is -0.488 e. The fourth-order valence-electron chi connectivity index (χ4n) is 4.71. The van der Waals surface area contributed by atoms with Crippen LogP contribution in [0.5, 0.6) is 5.75 Å². The zero-order valence-electron chi connectivity index (χ0n) is 20.4. The molecule has 1 fully saturated rings. The van der Waals surface area contributed by atoms with Crippen LogP contribution in [-0.2, 0) is 13.2 Å². The average molecular weight is 470 g/mol. The van der Waals surface area contributed by atoms with Crippen molar-refractivity contribution in [3.05, 3.63) is 94.9 Å². The number of aromatic nitrogens is 1. The molecule has 0 bridgehead atoms. The quantitative estimate of drug-likeness (QED) is 0.380. The zero-order valence-corrected chi connectivity index (χ0v) is 20.4. The first-order valence-electron chi connectivity index (χ1n) is 12.2. The largest absolute Gasteiger partial charge is 0.488 e. The highest BCUT2D eigenvalue weighted by atomic mass is 16.5. The molecule has 0 N–H and O–H groups in total. The van der Waals surface area contributed by atoms with Crippen molar-refractivity contribution in [3.63, 3.8) is 0 Å². The van der Waals surface area contributed by atoms with Crippen molar-refractivity contribution in [2.75, 3.05) is 26.2 Å². The summed E-state index contributed by atoms with van der Waals surface area (Å²) in [7, 11) is 0. The van der Waals surface area contributed by atoms with E-state index in [9.17, 15) is 4.79 Å². The maximum Gasteiger partial charge on any atom is 0.257 e. The van der Waals surface area contributed by atoms with Gasteiger partial charge in [-0.3, -0.25) is 9.69 Å². The molecule has 0 aliphatic carbocycles. The van der Waals surface area contributed by atoms with Crippen LogP contribution in [0.15, 0.2) is 71.3 Å². The fourth-order valence-corrected chi connectivity index (χ4v) is 4.71. The van der Waals surface area contributed by atoms with Gasteiger partial charge in [-0.15, -0.1) is 0 Å². The van der Waals surface area contributed by atoms with Gasteiger partial charge in [0.25, 0.3) is 5.91 Å². The lowest BCUT2D eigenvalue weighted by Crippen LogP contribution is -2.35. The fraction of sp³-hybridized carbons (Fsp3) is 0.310. The van der Waals surface area contributed by atoms with Crippen LogP contribution in [0.3, 0.4) is 0 Å². The third-order valence-electron chi connectivity index (χ3n) is 6.76. The highest BCUT2D eigenvalue weighted by Crippen LogP contribution is 2.29. The Balaban J connectivity index is 1.36. The number of carbonyl (C=O) groups excluding carboxylic acids is 1. The molecule has 180 valence electrons. The first kappa shape index (κ1) is 23.1. The number of hydrogen-bond acceptors (Lipinski definition) is 5. The van der Waals surface area contributed by atoms with Crippen molar-refractivity contribution in [2.24, 2.45) is 0 Å². The normalized spacial score (nSPS) is 14.7. The minimum atomic E-state index is 0.0195. The predicted octanol–water partition coefficient (Wildman–Crippen LogP) is 5.37.